The maximum absolute atomic E-state index is 11.8. The molecule has 14 heavy (non-hydrogen) atoms. The second-order valence-electron chi connectivity index (χ2n) is 3.26. The molecule has 1 atom stereocenters. The molecule has 1 fully saturated rings. The van der Waals surface area contributed by atoms with Crippen LogP contribution in [-0.4, -0.2) is 36.3 Å². The number of carbonyl (C=O) groups is 2. The number of hydrogen-bond donors (Lipinski definition) is 1. The third-order valence-corrected chi connectivity index (χ3v) is 2.30. The number of nitrogens with one attached hydrogen (secondary N) is 1. The highest BCUT2D eigenvalue weighted by Gasteiger charge is 2.30. The predicted octanol–water partition coefficient (Wildman–Crippen LogP) is -0.396. The van der Waals surface area contributed by atoms with Gasteiger partial charge in [0.25, 0.3) is 0 Å². The standard InChI is InChI=1S/C10H14N2O2/c1-3-5-12(4-2)10(14)8-6-9(13)11-7-8/h1,8H,4-7H2,2H3,(H,11,13). The van der Waals surface area contributed by atoms with E-state index < -0.39 is 0 Å². The first kappa shape index (κ1) is 10.6. The summed E-state index contributed by atoms with van der Waals surface area (Å²) in [7, 11) is 0. The van der Waals surface area contributed by atoms with Crippen LogP contribution >= 0.6 is 0 Å². The average Bonchev–Trinajstić information content (AvgIpc) is 2.60. The molecule has 1 aliphatic heterocycles. The molecule has 0 aromatic rings. The summed E-state index contributed by atoms with van der Waals surface area (Å²) in [5, 5.41) is 2.63. The third kappa shape index (κ3) is 2.25. The van der Waals surface area contributed by atoms with Crippen molar-refractivity contribution < 1.29 is 9.59 Å². The molecule has 1 saturated heterocycles. The number of nitrogens with zero attached hydrogens (tertiary/aromatic N) is 1. The zero-order valence-electron chi connectivity index (χ0n) is 8.25. The van der Waals surface area contributed by atoms with E-state index >= 15 is 0 Å². The summed E-state index contributed by atoms with van der Waals surface area (Å²) in [6.45, 7) is 3.23. The fraction of sp³-hybridized carbons (Fsp3) is 0.600. The van der Waals surface area contributed by atoms with Crippen LogP contribution in [-0.2, 0) is 9.59 Å². The SMILES string of the molecule is C#CCN(CC)C(=O)C1CNC(=O)C1. The van der Waals surface area contributed by atoms with Gasteiger partial charge in [0.2, 0.25) is 11.8 Å². The Labute approximate surface area is 83.6 Å². The van der Waals surface area contributed by atoms with Crippen LogP contribution in [0.2, 0.25) is 0 Å². The maximum atomic E-state index is 11.8. The van der Waals surface area contributed by atoms with Crippen molar-refractivity contribution in [1.29, 1.82) is 0 Å². The topological polar surface area (TPSA) is 49.4 Å². The minimum absolute atomic E-state index is 0.0243. The summed E-state index contributed by atoms with van der Waals surface area (Å²) in [4.78, 5) is 24.2. The first-order valence-electron chi connectivity index (χ1n) is 4.68. The number of rotatable bonds is 3. The smallest absolute Gasteiger partial charge is 0.228 e. The number of terminal acetylenes is 1. The Bertz CT molecular complexity index is 280. The Balaban J connectivity index is 2.55. The van der Waals surface area contributed by atoms with E-state index in [1.807, 2.05) is 6.92 Å². The lowest BCUT2D eigenvalue weighted by molar-refractivity contribution is -0.135. The lowest BCUT2D eigenvalue weighted by Crippen LogP contribution is -2.37. The van der Waals surface area contributed by atoms with Crippen molar-refractivity contribution in [1.82, 2.24) is 10.2 Å². The molecule has 1 aliphatic rings. The Hall–Kier alpha value is -1.50. The van der Waals surface area contributed by atoms with Gasteiger partial charge >= 0.3 is 0 Å². The summed E-state index contributed by atoms with van der Waals surface area (Å²) in [5.74, 6) is 2.13. The van der Waals surface area contributed by atoms with Gasteiger partial charge in [0.15, 0.2) is 0 Å². The molecule has 1 heterocycles. The second-order valence-corrected chi connectivity index (χ2v) is 3.26. The van der Waals surface area contributed by atoms with E-state index in [1.54, 1.807) is 4.90 Å². The van der Waals surface area contributed by atoms with Gasteiger partial charge < -0.3 is 10.2 Å². The molecule has 0 bridgehead atoms. The summed E-state index contributed by atoms with van der Waals surface area (Å²) < 4.78 is 0. The minimum atomic E-state index is -0.226. The largest absolute Gasteiger partial charge is 0.355 e. The van der Waals surface area contributed by atoms with Crippen LogP contribution in [0.1, 0.15) is 13.3 Å². The highest BCUT2D eigenvalue weighted by molar-refractivity contribution is 5.89. The quantitative estimate of drug-likeness (QED) is 0.622. The molecule has 0 aliphatic carbocycles. The van der Waals surface area contributed by atoms with Crippen molar-refractivity contribution in [3.63, 3.8) is 0 Å². The van der Waals surface area contributed by atoms with E-state index in [2.05, 4.69) is 11.2 Å². The van der Waals surface area contributed by atoms with Crippen molar-refractivity contribution in [3.8, 4) is 12.3 Å². The van der Waals surface area contributed by atoms with Crippen LogP contribution in [0.15, 0.2) is 0 Å². The monoisotopic (exact) mass is 194 g/mol. The van der Waals surface area contributed by atoms with Gasteiger partial charge in [-0.2, -0.15) is 0 Å². The Morgan fingerprint density at radius 1 is 1.79 bits per heavy atom. The number of hydrogen-bond acceptors (Lipinski definition) is 2. The summed E-state index contributed by atoms with van der Waals surface area (Å²) in [5.41, 5.74) is 0. The summed E-state index contributed by atoms with van der Waals surface area (Å²) in [6.07, 6.45) is 5.43. The molecule has 4 heteroatoms. The fourth-order valence-electron chi connectivity index (χ4n) is 1.49. The molecule has 0 radical (unpaired) electrons. The van der Waals surface area contributed by atoms with Gasteiger partial charge in [-0.05, 0) is 6.92 Å². The van der Waals surface area contributed by atoms with Crippen molar-refractivity contribution >= 4 is 11.8 Å². The van der Waals surface area contributed by atoms with E-state index in [4.69, 9.17) is 6.42 Å². The zero-order valence-corrected chi connectivity index (χ0v) is 8.25. The van der Waals surface area contributed by atoms with Gasteiger partial charge in [0.1, 0.15) is 0 Å². The maximum Gasteiger partial charge on any atom is 0.228 e. The molecule has 0 aromatic heterocycles. The van der Waals surface area contributed by atoms with Crippen molar-refractivity contribution in [2.75, 3.05) is 19.6 Å². The van der Waals surface area contributed by atoms with E-state index in [0.29, 0.717) is 26.1 Å². The zero-order chi connectivity index (χ0) is 10.6. The molecule has 4 nitrogen and oxygen atoms in total. The Morgan fingerprint density at radius 3 is 2.93 bits per heavy atom. The van der Waals surface area contributed by atoms with Crippen molar-refractivity contribution in [2.45, 2.75) is 13.3 Å². The van der Waals surface area contributed by atoms with Gasteiger partial charge in [0.05, 0.1) is 12.5 Å². The second kappa shape index (κ2) is 4.66. The molecule has 2 amide bonds. The minimum Gasteiger partial charge on any atom is -0.355 e. The fourth-order valence-corrected chi connectivity index (χ4v) is 1.49. The van der Waals surface area contributed by atoms with Gasteiger partial charge in [-0.15, -0.1) is 6.42 Å². The molecule has 0 aromatic carbocycles. The van der Waals surface area contributed by atoms with Gasteiger partial charge in [-0.3, -0.25) is 9.59 Å². The van der Waals surface area contributed by atoms with E-state index in [9.17, 15) is 9.59 Å². The molecular formula is C10H14N2O2. The van der Waals surface area contributed by atoms with Gasteiger partial charge in [-0.25, -0.2) is 0 Å². The number of amides is 2. The molecule has 76 valence electrons. The predicted molar refractivity (Wildman–Crippen MR) is 52.2 cm³/mol. The molecule has 1 N–H and O–H groups in total. The van der Waals surface area contributed by atoms with Crippen molar-refractivity contribution in [3.05, 3.63) is 0 Å². The first-order valence-corrected chi connectivity index (χ1v) is 4.68. The van der Waals surface area contributed by atoms with Crippen LogP contribution in [0.25, 0.3) is 0 Å². The third-order valence-electron chi connectivity index (χ3n) is 2.30. The summed E-state index contributed by atoms with van der Waals surface area (Å²) in [6, 6.07) is 0. The van der Waals surface area contributed by atoms with E-state index in [1.165, 1.54) is 0 Å². The van der Waals surface area contributed by atoms with Gasteiger partial charge in [0, 0.05) is 19.5 Å². The Kier molecular flexibility index (Phi) is 3.52. The van der Waals surface area contributed by atoms with Crippen LogP contribution in [0.5, 0.6) is 0 Å². The van der Waals surface area contributed by atoms with Crippen LogP contribution in [0.4, 0.5) is 0 Å². The summed E-state index contributed by atoms with van der Waals surface area (Å²) >= 11 is 0. The number of carbonyl (C=O) groups excluding carboxylic acids is 2. The Morgan fingerprint density at radius 2 is 2.50 bits per heavy atom. The van der Waals surface area contributed by atoms with E-state index in [-0.39, 0.29) is 17.7 Å². The first-order chi connectivity index (χ1) is 6.69. The average molecular weight is 194 g/mol. The lowest BCUT2D eigenvalue weighted by atomic mass is 10.1. The molecule has 1 rings (SSSR count). The highest BCUT2D eigenvalue weighted by Crippen LogP contribution is 2.12. The van der Waals surface area contributed by atoms with Crippen molar-refractivity contribution in [2.24, 2.45) is 5.92 Å². The van der Waals surface area contributed by atoms with Crippen LogP contribution < -0.4 is 5.32 Å². The van der Waals surface area contributed by atoms with Crippen LogP contribution in [0, 0.1) is 18.3 Å². The molecule has 1 unspecified atom stereocenters. The lowest BCUT2D eigenvalue weighted by Gasteiger charge is -2.20. The molecular weight excluding hydrogens is 180 g/mol. The van der Waals surface area contributed by atoms with E-state index in [0.717, 1.165) is 0 Å². The molecule has 0 saturated carbocycles. The highest BCUT2D eigenvalue weighted by atomic mass is 16.2. The van der Waals surface area contributed by atoms with Gasteiger partial charge in [-0.1, -0.05) is 5.92 Å². The molecule has 0 spiro atoms. The normalized spacial score (nSPS) is 20.0. The van der Waals surface area contributed by atoms with Crippen LogP contribution in [0.3, 0.4) is 0 Å².